The van der Waals surface area contributed by atoms with Gasteiger partial charge in [-0.3, -0.25) is 4.79 Å². The third-order valence-corrected chi connectivity index (χ3v) is 3.80. The van der Waals surface area contributed by atoms with Crippen molar-refractivity contribution in [3.63, 3.8) is 0 Å². The van der Waals surface area contributed by atoms with E-state index < -0.39 is 17.9 Å². The maximum Gasteiger partial charge on any atom is 0.326 e. The van der Waals surface area contributed by atoms with E-state index in [4.69, 9.17) is 9.84 Å². The van der Waals surface area contributed by atoms with Gasteiger partial charge in [-0.2, -0.15) is 0 Å². The van der Waals surface area contributed by atoms with Crippen LogP contribution in [0.15, 0.2) is 22.7 Å². The van der Waals surface area contributed by atoms with E-state index in [0.717, 1.165) is 0 Å². The second-order valence-electron chi connectivity index (χ2n) is 4.52. The molecular formula is C14H18BrNO4. The summed E-state index contributed by atoms with van der Waals surface area (Å²) >= 11 is 3.29. The minimum absolute atomic E-state index is 0.141. The van der Waals surface area contributed by atoms with Crippen molar-refractivity contribution in [1.29, 1.82) is 0 Å². The molecule has 0 spiro atoms. The van der Waals surface area contributed by atoms with Gasteiger partial charge in [0.1, 0.15) is 11.8 Å². The van der Waals surface area contributed by atoms with Crippen LogP contribution in [0, 0.1) is 5.92 Å². The Bertz CT molecular complexity index is 504. The molecule has 110 valence electrons. The lowest BCUT2D eigenvalue weighted by Crippen LogP contribution is -2.45. The van der Waals surface area contributed by atoms with Crippen molar-refractivity contribution in [3.8, 4) is 5.75 Å². The van der Waals surface area contributed by atoms with Gasteiger partial charge in [0, 0.05) is 5.56 Å². The maximum absolute atomic E-state index is 12.1. The number of amides is 1. The number of carboxylic acids is 1. The van der Waals surface area contributed by atoms with Gasteiger partial charge in [-0.05, 0) is 40.0 Å². The van der Waals surface area contributed by atoms with Crippen molar-refractivity contribution in [3.05, 3.63) is 28.2 Å². The van der Waals surface area contributed by atoms with Crippen LogP contribution in [0.1, 0.15) is 30.6 Å². The normalized spacial score (nSPS) is 13.4. The average molecular weight is 344 g/mol. The Balaban J connectivity index is 2.89. The highest BCUT2D eigenvalue weighted by molar-refractivity contribution is 9.10. The molecule has 0 saturated heterocycles. The van der Waals surface area contributed by atoms with Crippen molar-refractivity contribution in [2.45, 2.75) is 26.3 Å². The second kappa shape index (κ2) is 7.28. The summed E-state index contributed by atoms with van der Waals surface area (Å²) in [5, 5.41) is 11.7. The number of aliphatic carboxylic acids is 1. The highest BCUT2D eigenvalue weighted by atomic mass is 79.9. The molecule has 1 rings (SSSR count). The number of rotatable bonds is 6. The Morgan fingerprint density at radius 1 is 1.45 bits per heavy atom. The molecule has 0 bridgehead atoms. The van der Waals surface area contributed by atoms with Crippen LogP contribution in [0.5, 0.6) is 5.75 Å². The Kier molecular flexibility index (Phi) is 6.01. The van der Waals surface area contributed by atoms with E-state index in [2.05, 4.69) is 21.2 Å². The van der Waals surface area contributed by atoms with Gasteiger partial charge in [0.2, 0.25) is 0 Å². The number of carboxylic acid groups (broad SMARTS) is 1. The summed E-state index contributed by atoms with van der Waals surface area (Å²) < 4.78 is 5.72. The summed E-state index contributed by atoms with van der Waals surface area (Å²) in [6.07, 6.45) is 0.670. The van der Waals surface area contributed by atoms with Crippen LogP contribution in [0.25, 0.3) is 0 Å². The van der Waals surface area contributed by atoms with E-state index in [1.165, 1.54) is 7.11 Å². The number of ether oxygens (including phenoxy) is 1. The molecule has 1 amide bonds. The van der Waals surface area contributed by atoms with Crippen molar-refractivity contribution in [2.75, 3.05) is 7.11 Å². The summed E-state index contributed by atoms with van der Waals surface area (Å²) in [5.74, 6) is -0.974. The minimum Gasteiger partial charge on any atom is -0.496 e. The van der Waals surface area contributed by atoms with Gasteiger partial charge in [-0.1, -0.05) is 20.3 Å². The molecule has 5 nitrogen and oxygen atoms in total. The Labute approximate surface area is 126 Å². The molecule has 0 aromatic heterocycles. The lowest BCUT2D eigenvalue weighted by Gasteiger charge is -2.20. The first-order chi connectivity index (χ1) is 9.40. The second-order valence-corrected chi connectivity index (χ2v) is 5.38. The lowest BCUT2D eigenvalue weighted by atomic mass is 9.99. The van der Waals surface area contributed by atoms with Crippen molar-refractivity contribution < 1.29 is 19.4 Å². The monoisotopic (exact) mass is 343 g/mol. The fourth-order valence-electron chi connectivity index (χ4n) is 1.72. The number of carbonyl (C=O) groups excluding carboxylic acids is 1. The summed E-state index contributed by atoms with van der Waals surface area (Å²) in [6.45, 7) is 3.68. The molecule has 2 unspecified atom stereocenters. The Hall–Kier alpha value is -1.56. The van der Waals surface area contributed by atoms with Crippen LogP contribution < -0.4 is 10.1 Å². The fourth-order valence-corrected chi connectivity index (χ4v) is 2.26. The predicted molar refractivity (Wildman–Crippen MR) is 79.0 cm³/mol. The number of hydrogen-bond acceptors (Lipinski definition) is 3. The van der Waals surface area contributed by atoms with E-state index in [1.807, 2.05) is 6.92 Å². The first-order valence-corrected chi connectivity index (χ1v) is 7.07. The average Bonchev–Trinajstić information content (AvgIpc) is 2.43. The zero-order valence-corrected chi connectivity index (χ0v) is 13.2. The zero-order valence-electron chi connectivity index (χ0n) is 11.6. The molecule has 0 radical (unpaired) electrons. The molecule has 0 fully saturated rings. The van der Waals surface area contributed by atoms with Crippen molar-refractivity contribution in [1.82, 2.24) is 5.32 Å². The largest absolute Gasteiger partial charge is 0.496 e. The zero-order chi connectivity index (χ0) is 15.3. The first kappa shape index (κ1) is 16.5. The van der Waals surface area contributed by atoms with Gasteiger partial charge >= 0.3 is 5.97 Å². The standard InChI is InChI=1S/C14H18BrNO4/c1-4-8(2)12(14(18)19)16-13(17)9-5-6-11(20-3)10(15)7-9/h5-8,12H,4H2,1-3H3,(H,16,17)(H,18,19). The van der Waals surface area contributed by atoms with Crippen LogP contribution in [0.3, 0.4) is 0 Å². The molecule has 1 aromatic rings. The molecule has 0 heterocycles. The Morgan fingerprint density at radius 3 is 2.55 bits per heavy atom. The topological polar surface area (TPSA) is 75.6 Å². The van der Waals surface area contributed by atoms with Crippen LogP contribution in [0.2, 0.25) is 0 Å². The van der Waals surface area contributed by atoms with E-state index in [9.17, 15) is 9.59 Å². The molecular weight excluding hydrogens is 326 g/mol. The van der Waals surface area contributed by atoms with Gasteiger partial charge in [-0.25, -0.2) is 4.79 Å². The number of methoxy groups -OCH3 is 1. The molecule has 1 aromatic carbocycles. The van der Waals surface area contributed by atoms with E-state index in [0.29, 0.717) is 22.2 Å². The van der Waals surface area contributed by atoms with Crippen LogP contribution in [-0.4, -0.2) is 30.1 Å². The third kappa shape index (κ3) is 3.96. The number of nitrogens with one attached hydrogen (secondary N) is 1. The van der Waals surface area contributed by atoms with Crippen LogP contribution in [0.4, 0.5) is 0 Å². The quantitative estimate of drug-likeness (QED) is 0.832. The van der Waals surface area contributed by atoms with Crippen LogP contribution in [-0.2, 0) is 4.79 Å². The van der Waals surface area contributed by atoms with Crippen molar-refractivity contribution >= 4 is 27.8 Å². The molecule has 0 aliphatic rings. The van der Waals surface area contributed by atoms with Crippen molar-refractivity contribution in [2.24, 2.45) is 5.92 Å². The molecule has 0 saturated carbocycles. The molecule has 2 atom stereocenters. The van der Waals surface area contributed by atoms with Gasteiger partial charge < -0.3 is 15.2 Å². The van der Waals surface area contributed by atoms with Gasteiger partial charge in [-0.15, -0.1) is 0 Å². The molecule has 2 N–H and O–H groups in total. The molecule has 0 aliphatic carbocycles. The number of hydrogen-bond donors (Lipinski definition) is 2. The smallest absolute Gasteiger partial charge is 0.326 e. The van der Waals surface area contributed by atoms with E-state index in [1.54, 1.807) is 25.1 Å². The van der Waals surface area contributed by atoms with Gasteiger partial charge in [0.25, 0.3) is 5.91 Å². The lowest BCUT2D eigenvalue weighted by molar-refractivity contribution is -0.140. The fraction of sp³-hybridized carbons (Fsp3) is 0.429. The summed E-state index contributed by atoms with van der Waals surface area (Å²) in [5.41, 5.74) is 0.382. The number of benzene rings is 1. The number of halogens is 1. The minimum atomic E-state index is -1.03. The van der Waals surface area contributed by atoms with E-state index >= 15 is 0 Å². The predicted octanol–water partition coefficient (Wildman–Crippen LogP) is 2.69. The van der Waals surface area contributed by atoms with Gasteiger partial charge in [0.15, 0.2) is 0 Å². The highest BCUT2D eigenvalue weighted by Crippen LogP contribution is 2.25. The first-order valence-electron chi connectivity index (χ1n) is 6.27. The summed E-state index contributed by atoms with van der Waals surface area (Å²) in [4.78, 5) is 23.3. The third-order valence-electron chi connectivity index (χ3n) is 3.18. The molecule has 6 heteroatoms. The highest BCUT2D eigenvalue weighted by Gasteiger charge is 2.25. The van der Waals surface area contributed by atoms with Gasteiger partial charge in [0.05, 0.1) is 11.6 Å². The SMILES string of the molecule is CCC(C)C(NC(=O)c1ccc(OC)c(Br)c1)C(=O)O. The Morgan fingerprint density at radius 2 is 2.10 bits per heavy atom. The van der Waals surface area contributed by atoms with E-state index in [-0.39, 0.29) is 5.92 Å². The molecule has 0 aliphatic heterocycles. The molecule has 20 heavy (non-hydrogen) atoms. The number of carbonyl (C=O) groups is 2. The maximum atomic E-state index is 12.1. The summed E-state index contributed by atoms with van der Waals surface area (Å²) in [7, 11) is 1.53. The van der Waals surface area contributed by atoms with Crippen LogP contribution >= 0.6 is 15.9 Å². The summed E-state index contributed by atoms with van der Waals surface area (Å²) in [6, 6.07) is 3.95.